The Bertz CT molecular complexity index is 856. The number of methoxy groups -OCH3 is 1. The Kier molecular flexibility index (Phi) is 5.35. The second kappa shape index (κ2) is 7.85. The molecule has 0 spiro atoms. The number of hydrogen-bond donors (Lipinski definition) is 1. The molecule has 7 heteroatoms. The normalized spacial score (nSPS) is 10.6. The molecule has 0 unspecified atom stereocenters. The molecular weight excluding hydrogens is 340 g/mol. The topological polar surface area (TPSA) is 81.4 Å². The summed E-state index contributed by atoms with van der Waals surface area (Å²) < 4.78 is 10.2. The van der Waals surface area contributed by atoms with Gasteiger partial charge in [-0.15, -0.1) is 0 Å². The van der Waals surface area contributed by atoms with Crippen molar-refractivity contribution in [2.24, 2.45) is 0 Å². The van der Waals surface area contributed by atoms with Gasteiger partial charge in [0.05, 0.1) is 18.4 Å². The van der Waals surface area contributed by atoms with Crippen molar-refractivity contribution in [1.82, 2.24) is 10.3 Å². The molecule has 2 aromatic carbocycles. The molecule has 0 atom stereocenters. The van der Waals surface area contributed by atoms with Crippen LogP contribution in [0.5, 0.6) is 0 Å². The molecule has 0 fully saturated rings. The number of hydrogen-bond acceptors (Lipinski definition) is 6. The molecule has 0 saturated heterocycles. The van der Waals surface area contributed by atoms with Gasteiger partial charge >= 0.3 is 5.97 Å². The van der Waals surface area contributed by atoms with Crippen LogP contribution in [0.15, 0.2) is 58.2 Å². The van der Waals surface area contributed by atoms with E-state index in [1.54, 1.807) is 24.3 Å². The number of benzene rings is 2. The summed E-state index contributed by atoms with van der Waals surface area (Å²) in [5.74, 6) is -0.290. The number of carbonyl (C=O) groups is 2. The van der Waals surface area contributed by atoms with Crippen molar-refractivity contribution in [2.45, 2.75) is 11.8 Å². The van der Waals surface area contributed by atoms with Crippen molar-refractivity contribution in [3.05, 3.63) is 59.7 Å². The number of nitrogens with one attached hydrogen (secondary N) is 1. The molecular formula is C18H16N2O4S. The van der Waals surface area contributed by atoms with Crippen molar-refractivity contribution in [3.63, 3.8) is 0 Å². The Morgan fingerprint density at radius 1 is 1.16 bits per heavy atom. The second-order valence-corrected chi connectivity index (χ2v) is 6.13. The van der Waals surface area contributed by atoms with E-state index in [1.807, 2.05) is 24.3 Å². The lowest BCUT2D eigenvalue weighted by Gasteiger charge is -2.05. The number of aromatic nitrogens is 1. The summed E-state index contributed by atoms with van der Waals surface area (Å²) in [5, 5.41) is 3.29. The molecule has 0 aliphatic rings. The number of rotatable bonds is 6. The van der Waals surface area contributed by atoms with Gasteiger partial charge in [0, 0.05) is 6.54 Å². The number of nitrogens with zero attached hydrogens (tertiary/aromatic N) is 1. The minimum absolute atomic E-state index is 0.121. The zero-order chi connectivity index (χ0) is 17.6. The van der Waals surface area contributed by atoms with Crippen LogP contribution in [0.2, 0.25) is 0 Å². The summed E-state index contributed by atoms with van der Waals surface area (Å²) in [7, 11) is 1.34. The summed E-state index contributed by atoms with van der Waals surface area (Å²) >= 11 is 1.25. The maximum absolute atomic E-state index is 12.0. The molecule has 0 aliphatic carbocycles. The van der Waals surface area contributed by atoms with Gasteiger partial charge in [0.2, 0.25) is 5.91 Å². The summed E-state index contributed by atoms with van der Waals surface area (Å²) in [4.78, 5) is 27.6. The Labute approximate surface area is 148 Å². The maximum atomic E-state index is 12.0. The van der Waals surface area contributed by atoms with Gasteiger partial charge in [-0.25, -0.2) is 9.78 Å². The van der Waals surface area contributed by atoms with Crippen LogP contribution in [0.3, 0.4) is 0 Å². The fraction of sp³-hybridized carbons (Fsp3) is 0.167. The van der Waals surface area contributed by atoms with E-state index >= 15 is 0 Å². The molecule has 1 N–H and O–H groups in total. The van der Waals surface area contributed by atoms with Gasteiger partial charge in [-0.3, -0.25) is 4.79 Å². The van der Waals surface area contributed by atoms with Crippen molar-refractivity contribution in [3.8, 4) is 0 Å². The maximum Gasteiger partial charge on any atom is 0.337 e. The third kappa shape index (κ3) is 4.39. The van der Waals surface area contributed by atoms with Crippen LogP contribution in [0, 0.1) is 0 Å². The summed E-state index contributed by atoms with van der Waals surface area (Å²) in [5.41, 5.74) is 2.85. The van der Waals surface area contributed by atoms with Crippen LogP contribution in [0.4, 0.5) is 0 Å². The third-order valence-corrected chi connectivity index (χ3v) is 4.29. The smallest absolute Gasteiger partial charge is 0.337 e. The lowest BCUT2D eigenvalue weighted by molar-refractivity contribution is -0.118. The number of fused-ring (bicyclic) bond motifs is 1. The first-order valence-electron chi connectivity index (χ1n) is 7.58. The largest absolute Gasteiger partial charge is 0.465 e. The van der Waals surface area contributed by atoms with Crippen LogP contribution < -0.4 is 5.32 Å². The van der Waals surface area contributed by atoms with Gasteiger partial charge in [-0.2, -0.15) is 0 Å². The van der Waals surface area contributed by atoms with Crippen LogP contribution in [-0.4, -0.2) is 29.7 Å². The zero-order valence-electron chi connectivity index (χ0n) is 13.5. The molecule has 1 amide bonds. The number of esters is 1. The van der Waals surface area contributed by atoms with Crippen molar-refractivity contribution >= 4 is 34.7 Å². The van der Waals surface area contributed by atoms with Crippen molar-refractivity contribution < 1.29 is 18.7 Å². The molecule has 25 heavy (non-hydrogen) atoms. The first kappa shape index (κ1) is 17.0. The molecule has 0 aliphatic heterocycles. The molecule has 3 rings (SSSR count). The standard InChI is InChI=1S/C18H16N2O4S/c1-23-17(22)13-8-6-12(7-9-13)10-19-16(21)11-25-18-20-14-4-2-3-5-15(14)24-18/h2-9H,10-11H2,1H3,(H,19,21). The van der Waals surface area contributed by atoms with E-state index < -0.39 is 0 Å². The predicted molar refractivity (Wildman–Crippen MR) is 94.4 cm³/mol. The molecule has 0 radical (unpaired) electrons. The summed E-state index contributed by atoms with van der Waals surface area (Å²) in [6.07, 6.45) is 0. The van der Waals surface area contributed by atoms with E-state index in [1.165, 1.54) is 18.9 Å². The molecule has 128 valence electrons. The zero-order valence-corrected chi connectivity index (χ0v) is 14.3. The van der Waals surface area contributed by atoms with Crippen molar-refractivity contribution in [2.75, 3.05) is 12.9 Å². The molecule has 1 heterocycles. The second-order valence-electron chi connectivity index (χ2n) is 5.20. The average Bonchev–Trinajstić information content (AvgIpc) is 3.07. The molecule has 0 saturated carbocycles. The van der Waals surface area contributed by atoms with E-state index in [0.717, 1.165) is 11.1 Å². The number of amides is 1. The Hall–Kier alpha value is -2.80. The lowest BCUT2D eigenvalue weighted by atomic mass is 10.1. The van der Waals surface area contributed by atoms with Crippen LogP contribution in [0.1, 0.15) is 15.9 Å². The highest BCUT2D eigenvalue weighted by molar-refractivity contribution is 7.99. The molecule has 1 aromatic heterocycles. The highest BCUT2D eigenvalue weighted by atomic mass is 32.2. The Morgan fingerprint density at radius 3 is 2.64 bits per heavy atom. The van der Waals surface area contributed by atoms with E-state index in [-0.39, 0.29) is 17.6 Å². The van der Waals surface area contributed by atoms with Gasteiger partial charge in [0.1, 0.15) is 5.52 Å². The van der Waals surface area contributed by atoms with Crippen molar-refractivity contribution in [1.29, 1.82) is 0 Å². The van der Waals surface area contributed by atoms with E-state index in [0.29, 0.717) is 22.9 Å². The third-order valence-electron chi connectivity index (χ3n) is 3.47. The van der Waals surface area contributed by atoms with E-state index in [9.17, 15) is 9.59 Å². The minimum atomic E-state index is -0.384. The Balaban J connectivity index is 1.48. The quantitative estimate of drug-likeness (QED) is 0.540. The molecule has 0 bridgehead atoms. The fourth-order valence-corrected chi connectivity index (χ4v) is 2.84. The Morgan fingerprint density at radius 2 is 1.92 bits per heavy atom. The SMILES string of the molecule is COC(=O)c1ccc(CNC(=O)CSc2nc3ccccc3o2)cc1. The van der Waals surface area contributed by atoms with Crippen LogP contribution in [0.25, 0.3) is 11.1 Å². The van der Waals surface area contributed by atoms with E-state index in [4.69, 9.17) is 4.42 Å². The lowest BCUT2D eigenvalue weighted by Crippen LogP contribution is -2.24. The highest BCUT2D eigenvalue weighted by Crippen LogP contribution is 2.22. The molecule has 3 aromatic rings. The van der Waals surface area contributed by atoms with Crippen LogP contribution >= 0.6 is 11.8 Å². The van der Waals surface area contributed by atoms with Gasteiger partial charge < -0.3 is 14.5 Å². The fourth-order valence-electron chi connectivity index (χ4n) is 2.17. The van der Waals surface area contributed by atoms with Gasteiger partial charge in [-0.05, 0) is 29.8 Å². The van der Waals surface area contributed by atoms with Gasteiger partial charge in [-0.1, -0.05) is 36.0 Å². The molecule has 6 nitrogen and oxygen atoms in total. The number of ether oxygens (including phenoxy) is 1. The van der Waals surface area contributed by atoms with Gasteiger partial charge in [0.25, 0.3) is 5.22 Å². The predicted octanol–water partition coefficient (Wildman–Crippen LogP) is 3.02. The first-order valence-corrected chi connectivity index (χ1v) is 8.56. The average molecular weight is 356 g/mol. The monoisotopic (exact) mass is 356 g/mol. The highest BCUT2D eigenvalue weighted by Gasteiger charge is 2.09. The number of para-hydroxylation sites is 2. The van der Waals surface area contributed by atoms with E-state index in [2.05, 4.69) is 15.0 Å². The summed E-state index contributed by atoms with van der Waals surface area (Å²) in [6, 6.07) is 14.4. The summed E-state index contributed by atoms with van der Waals surface area (Å²) in [6.45, 7) is 0.383. The number of thioether (sulfide) groups is 1. The number of oxazole rings is 1. The first-order chi connectivity index (χ1) is 12.2. The van der Waals surface area contributed by atoms with Gasteiger partial charge in [0.15, 0.2) is 5.58 Å². The number of carbonyl (C=O) groups excluding carboxylic acids is 2. The van der Waals surface area contributed by atoms with Crippen LogP contribution in [-0.2, 0) is 16.1 Å². The minimum Gasteiger partial charge on any atom is -0.465 e.